The Balaban J connectivity index is 2.73. The smallest absolute Gasteiger partial charge is 0.360 e. The van der Waals surface area contributed by atoms with Crippen molar-refractivity contribution in [3.8, 4) is 0 Å². The summed E-state index contributed by atoms with van der Waals surface area (Å²) in [4.78, 5) is 11.5. The highest BCUT2D eigenvalue weighted by Gasteiger charge is 2.28. The second-order valence-corrected chi connectivity index (χ2v) is 4.89. The minimum atomic E-state index is -1.15. The van der Waals surface area contributed by atoms with Gasteiger partial charge in [-0.1, -0.05) is 16.8 Å². The largest absolute Gasteiger partial charge is 0.461 e. The summed E-state index contributed by atoms with van der Waals surface area (Å²) in [6.07, 6.45) is 3.26. The lowest BCUT2D eigenvalue weighted by Crippen LogP contribution is -2.20. The van der Waals surface area contributed by atoms with E-state index < -0.39 is 11.6 Å². The normalized spacial score (nSPS) is 13.7. The number of carbonyl (C=O) groups excluding carboxylic acids is 1. The third kappa shape index (κ3) is 4.52. The van der Waals surface area contributed by atoms with Crippen LogP contribution in [-0.2, 0) is 10.3 Å². The maximum absolute atomic E-state index is 11.5. The quantitative estimate of drug-likeness (QED) is 0.633. The Hall–Kier alpha value is -1.62. The first-order valence-corrected chi connectivity index (χ1v) is 6.37. The predicted octanol–water partition coefficient (Wildman–Crippen LogP) is 2.81. The van der Waals surface area contributed by atoms with Crippen LogP contribution in [-0.4, -0.2) is 22.8 Å². The zero-order valence-corrected chi connectivity index (χ0v) is 11.9. The van der Waals surface area contributed by atoms with Crippen LogP contribution in [0.4, 0.5) is 0 Å². The molecule has 1 heterocycles. The van der Waals surface area contributed by atoms with Crippen molar-refractivity contribution in [3.05, 3.63) is 29.2 Å². The van der Waals surface area contributed by atoms with Crippen molar-refractivity contribution >= 4 is 5.97 Å². The number of hydrogen-bond acceptors (Lipinski definition) is 5. The molecule has 106 valence electrons. The summed E-state index contributed by atoms with van der Waals surface area (Å²) in [6.45, 7) is 7.64. The molecule has 0 aliphatic heterocycles. The van der Waals surface area contributed by atoms with E-state index >= 15 is 0 Å². The number of aromatic nitrogens is 1. The molecule has 1 atom stereocenters. The first-order chi connectivity index (χ1) is 8.86. The molecule has 0 aromatic carbocycles. The second kappa shape index (κ2) is 6.52. The molecule has 0 radical (unpaired) electrons. The second-order valence-electron chi connectivity index (χ2n) is 4.89. The molecule has 0 aliphatic carbocycles. The molecule has 0 aliphatic rings. The Morgan fingerprint density at radius 1 is 1.58 bits per heavy atom. The average molecular weight is 267 g/mol. The van der Waals surface area contributed by atoms with Crippen molar-refractivity contribution in [3.63, 3.8) is 0 Å². The van der Waals surface area contributed by atoms with Crippen LogP contribution in [0.25, 0.3) is 0 Å². The van der Waals surface area contributed by atoms with Gasteiger partial charge in [0.25, 0.3) is 0 Å². The van der Waals surface area contributed by atoms with Gasteiger partial charge in [0.2, 0.25) is 0 Å². The number of rotatable bonds is 6. The molecule has 1 aromatic rings. The summed E-state index contributed by atoms with van der Waals surface area (Å²) < 4.78 is 9.85. The number of aliphatic hydroxyl groups is 1. The van der Waals surface area contributed by atoms with Crippen molar-refractivity contribution in [2.45, 2.75) is 46.1 Å². The molecule has 0 spiro atoms. The molecule has 5 nitrogen and oxygen atoms in total. The highest BCUT2D eigenvalue weighted by atomic mass is 16.5. The van der Waals surface area contributed by atoms with Crippen LogP contribution >= 0.6 is 0 Å². The van der Waals surface area contributed by atoms with Gasteiger partial charge in [-0.15, -0.1) is 0 Å². The number of nitrogens with zero attached hydrogens (tertiary/aromatic N) is 1. The Morgan fingerprint density at radius 3 is 2.84 bits per heavy atom. The number of esters is 1. The van der Waals surface area contributed by atoms with Gasteiger partial charge < -0.3 is 14.4 Å². The van der Waals surface area contributed by atoms with Crippen LogP contribution in [0.1, 0.15) is 56.8 Å². The van der Waals surface area contributed by atoms with Gasteiger partial charge >= 0.3 is 5.97 Å². The number of ether oxygens (including phenoxy) is 1. The van der Waals surface area contributed by atoms with Crippen molar-refractivity contribution in [2.24, 2.45) is 0 Å². The lowest BCUT2D eigenvalue weighted by Gasteiger charge is -2.18. The number of allylic oxidation sites excluding steroid dienone is 2. The highest BCUT2D eigenvalue weighted by molar-refractivity contribution is 5.87. The van der Waals surface area contributed by atoms with E-state index in [2.05, 4.69) is 5.16 Å². The lowest BCUT2D eigenvalue weighted by molar-refractivity contribution is 0.0203. The van der Waals surface area contributed by atoms with E-state index in [9.17, 15) is 9.90 Å². The zero-order chi connectivity index (χ0) is 14.5. The molecule has 0 saturated carbocycles. The van der Waals surface area contributed by atoms with Crippen LogP contribution in [0.3, 0.4) is 0 Å². The van der Waals surface area contributed by atoms with E-state index in [1.54, 1.807) is 13.8 Å². The third-order valence-corrected chi connectivity index (χ3v) is 2.71. The lowest BCUT2D eigenvalue weighted by atomic mass is 9.96. The summed E-state index contributed by atoms with van der Waals surface area (Å²) >= 11 is 0. The van der Waals surface area contributed by atoms with Crippen LogP contribution in [0.15, 0.2) is 22.2 Å². The third-order valence-electron chi connectivity index (χ3n) is 2.71. The molecule has 1 aromatic heterocycles. The SMILES string of the molecule is CCOC(=O)c1cc([C@@](C)(O)CCC=C(C)C)on1. The average Bonchev–Trinajstić information content (AvgIpc) is 2.78. The van der Waals surface area contributed by atoms with Crippen LogP contribution in [0.5, 0.6) is 0 Å². The van der Waals surface area contributed by atoms with E-state index in [1.807, 2.05) is 19.9 Å². The Bertz CT molecular complexity index is 456. The van der Waals surface area contributed by atoms with Gasteiger partial charge in [-0.05, 0) is 40.5 Å². The summed E-state index contributed by atoms with van der Waals surface area (Å²) in [5, 5.41) is 13.9. The van der Waals surface area contributed by atoms with Crippen LogP contribution in [0, 0.1) is 0 Å². The summed E-state index contributed by atoms with van der Waals surface area (Å²) in [6, 6.07) is 1.43. The van der Waals surface area contributed by atoms with Gasteiger partial charge in [-0.3, -0.25) is 0 Å². The van der Waals surface area contributed by atoms with E-state index in [1.165, 1.54) is 11.6 Å². The molecule has 0 fully saturated rings. The minimum absolute atomic E-state index is 0.0827. The summed E-state index contributed by atoms with van der Waals surface area (Å²) in [7, 11) is 0. The molecule has 0 saturated heterocycles. The summed E-state index contributed by atoms with van der Waals surface area (Å²) in [5.74, 6) is -0.268. The molecule has 0 bridgehead atoms. The van der Waals surface area contributed by atoms with Gasteiger partial charge in [0.05, 0.1) is 6.61 Å². The molecule has 0 amide bonds. The van der Waals surface area contributed by atoms with E-state index in [0.29, 0.717) is 6.42 Å². The summed E-state index contributed by atoms with van der Waals surface area (Å²) in [5.41, 5.74) is 0.129. The zero-order valence-electron chi connectivity index (χ0n) is 11.9. The first-order valence-electron chi connectivity index (χ1n) is 6.37. The van der Waals surface area contributed by atoms with Crippen LogP contribution < -0.4 is 0 Å². The molecular formula is C14H21NO4. The maximum Gasteiger partial charge on any atom is 0.360 e. The monoisotopic (exact) mass is 267 g/mol. The molecule has 19 heavy (non-hydrogen) atoms. The molecular weight excluding hydrogens is 246 g/mol. The van der Waals surface area contributed by atoms with Gasteiger partial charge in [-0.25, -0.2) is 4.79 Å². The molecule has 1 rings (SSSR count). The first kappa shape index (κ1) is 15.4. The molecule has 5 heteroatoms. The van der Waals surface area contributed by atoms with Crippen LogP contribution in [0.2, 0.25) is 0 Å². The van der Waals surface area contributed by atoms with Crippen molar-refractivity contribution in [1.82, 2.24) is 5.16 Å². The number of hydrogen-bond donors (Lipinski definition) is 1. The predicted molar refractivity (Wildman–Crippen MR) is 70.7 cm³/mol. The van der Waals surface area contributed by atoms with Crippen molar-refractivity contribution in [1.29, 1.82) is 0 Å². The van der Waals surface area contributed by atoms with Gasteiger partial charge in [0.1, 0.15) is 5.60 Å². The molecule has 1 N–H and O–H groups in total. The Labute approximate surface area is 113 Å². The fraction of sp³-hybridized carbons (Fsp3) is 0.571. The fourth-order valence-electron chi connectivity index (χ4n) is 1.60. The van der Waals surface area contributed by atoms with Crippen molar-refractivity contribution < 1.29 is 19.2 Å². The van der Waals surface area contributed by atoms with E-state index in [0.717, 1.165) is 6.42 Å². The highest BCUT2D eigenvalue weighted by Crippen LogP contribution is 2.27. The topological polar surface area (TPSA) is 72.6 Å². The van der Waals surface area contributed by atoms with Gasteiger partial charge in [0, 0.05) is 6.07 Å². The minimum Gasteiger partial charge on any atom is -0.461 e. The van der Waals surface area contributed by atoms with Gasteiger partial charge in [-0.2, -0.15) is 0 Å². The Morgan fingerprint density at radius 2 is 2.26 bits per heavy atom. The Kier molecular flexibility index (Phi) is 5.30. The van der Waals surface area contributed by atoms with E-state index in [4.69, 9.17) is 9.26 Å². The van der Waals surface area contributed by atoms with Gasteiger partial charge in [0.15, 0.2) is 11.5 Å². The maximum atomic E-state index is 11.5. The standard InChI is InChI=1S/C14H21NO4/c1-5-18-13(16)11-9-12(19-15-11)14(4,17)8-6-7-10(2)3/h7,9,17H,5-6,8H2,1-4H3/t14-/m0/s1. The van der Waals surface area contributed by atoms with Crippen molar-refractivity contribution in [2.75, 3.05) is 6.61 Å². The fourth-order valence-corrected chi connectivity index (χ4v) is 1.60. The van der Waals surface area contributed by atoms with E-state index in [-0.39, 0.29) is 18.1 Å². The number of carbonyl (C=O) groups is 1. The molecule has 0 unspecified atom stereocenters.